The third-order valence-corrected chi connectivity index (χ3v) is 3.92. The number of ether oxygens (including phenoxy) is 2. The molecule has 0 unspecified atom stereocenters. The standard InChI is InChI=1S/C20H24ClNO3/c1-4-19(25-18-11-7-16(21)8-12-18)20(23)22-15(3)13-24-17-9-5-14(2)6-10-17/h5-12,15,19H,4,13H2,1-3H3,(H,22,23)/t15-,19+/m0/s1. The molecule has 0 aliphatic heterocycles. The number of halogens is 1. The highest BCUT2D eigenvalue weighted by Gasteiger charge is 2.20. The van der Waals surface area contributed by atoms with Gasteiger partial charge in [0.1, 0.15) is 18.1 Å². The fourth-order valence-electron chi connectivity index (χ4n) is 2.23. The molecule has 25 heavy (non-hydrogen) atoms. The average Bonchev–Trinajstić information content (AvgIpc) is 2.60. The largest absolute Gasteiger partial charge is 0.491 e. The Kier molecular flexibility index (Phi) is 7.14. The second-order valence-corrected chi connectivity index (χ2v) is 6.44. The smallest absolute Gasteiger partial charge is 0.261 e. The van der Waals surface area contributed by atoms with Gasteiger partial charge >= 0.3 is 0 Å². The third kappa shape index (κ3) is 6.31. The Morgan fingerprint density at radius 3 is 2.28 bits per heavy atom. The molecule has 0 heterocycles. The molecule has 0 aliphatic carbocycles. The molecule has 0 radical (unpaired) electrons. The Morgan fingerprint density at radius 2 is 1.68 bits per heavy atom. The zero-order valence-corrected chi connectivity index (χ0v) is 15.5. The van der Waals surface area contributed by atoms with Crippen LogP contribution in [0.25, 0.3) is 0 Å². The summed E-state index contributed by atoms with van der Waals surface area (Å²) in [5.74, 6) is 1.25. The van der Waals surface area contributed by atoms with E-state index in [1.807, 2.05) is 45.0 Å². The lowest BCUT2D eigenvalue weighted by Crippen LogP contribution is -2.44. The number of hydrogen-bond acceptors (Lipinski definition) is 3. The molecule has 1 N–H and O–H groups in total. The molecule has 0 spiro atoms. The first kappa shape index (κ1) is 19.1. The quantitative estimate of drug-likeness (QED) is 0.758. The van der Waals surface area contributed by atoms with Crippen LogP contribution in [0.1, 0.15) is 25.8 Å². The normalized spacial score (nSPS) is 13.0. The maximum absolute atomic E-state index is 12.4. The first-order valence-electron chi connectivity index (χ1n) is 8.40. The van der Waals surface area contributed by atoms with Crippen LogP contribution in [0, 0.1) is 6.92 Å². The van der Waals surface area contributed by atoms with E-state index in [0.29, 0.717) is 23.8 Å². The molecular weight excluding hydrogens is 338 g/mol. The van der Waals surface area contributed by atoms with Crippen LogP contribution in [0.3, 0.4) is 0 Å². The van der Waals surface area contributed by atoms with Gasteiger partial charge in [0.05, 0.1) is 6.04 Å². The summed E-state index contributed by atoms with van der Waals surface area (Å²) in [6.45, 7) is 6.24. The molecule has 2 aromatic rings. The lowest BCUT2D eigenvalue weighted by Gasteiger charge is -2.21. The van der Waals surface area contributed by atoms with E-state index in [2.05, 4.69) is 5.32 Å². The number of nitrogens with one attached hydrogen (secondary N) is 1. The number of aryl methyl sites for hydroxylation is 1. The number of amides is 1. The highest BCUT2D eigenvalue weighted by Crippen LogP contribution is 2.18. The maximum Gasteiger partial charge on any atom is 0.261 e. The molecule has 0 saturated carbocycles. The average molecular weight is 362 g/mol. The molecule has 0 aliphatic rings. The predicted octanol–water partition coefficient (Wildman–Crippen LogP) is 4.39. The van der Waals surface area contributed by atoms with Crippen LogP contribution in [0.15, 0.2) is 48.5 Å². The van der Waals surface area contributed by atoms with Gasteiger partial charge in [-0.05, 0) is 56.7 Å². The van der Waals surface area contributed by atoms with E-state index in [9.17, 15) is 4.79 Å². The molecule has 134 valence electrons. The van der Waals surface area contributed by atoms with Crippen molar-refractivity contribution in [3.8, 4) is 11.5 Å². The monoisotopic (exact) mass is 361 g/mol. The van der Waals surface area contributed by atoms with Crippen LogP contribution in [0.4, 0.5) is 0 Å². The molecule has 4 nitrogen and oxygen atoms in total. The molecule has 0 aromatic heterocycles. The van der Waals surface area contributed by atoms with E-state index in [1.54, 1.807) is 24.3 Å². The summed E-state index contributed by atoms with van der Waals surface area (Å²) in [7, 11) is 0. The van der Waals surface area contributed by atoms with Crippen LogP contribution >= 0.6 is 11.6 Å². The summed E-state index contributed by atoms with van der Waals surface area (Å²) < 4.78 is 11.4. The van der Waals surface area contributed by atoms with Crippen molar-refractivity contribution >= 4 is 17.5 Å². The Labute approximate surface area is 154 Å². The third-order valence-electron chi connectivity index (χ3n) is 3.66. The van der Waals surface area contributed by atoms with E-state index in [4.69, 9.17) is 21.1 Å². The van der Waals surface area contributed by atoms with Crippen LogP contribution < -0.4 is 14.8 Å². The second kappa shape index (κ2) is 9.33. The highest BCUT2D eigenvalue weighted by atomic mass is 35.5. The highest BCUT2D eigenvalue weighted by molar-refractivity contribution is 6.30. The molecule has 5 heteroatoms. The van der Waals surface area contributed by atoms with Crippen molar-refractivity contribution in [3.05, 3.63) is 59.1 Å². The van der Waals surface area contributed by atoms with E-state index >= 15 is 0 Å². The van der Waals surface area contributed by atoms with Crippen LogP contribution in [-0.2, 0) is 4.79 Å². The molecule has 0 bridgehead atoms. The summed E-state index contributed by atoms with van der Waals surface area (Å²) in [4.78, 5) is 12.4. The van der Waals surface area contributed by atoms with Gasteiger partial charge in [-0.2, -0.15) is 0 Å². The molecule has 0 saturated heterocycles. The number of rotatable bonds is 8. The van der Waals surface area contributed by atoms with Gasteiger partial charge in [0.15, 0.2) is 6.10 Å². The number of carbonyl (C=O) groups is 1. The van der Waals surface area contributed by atoms with E-state index < -0.39 is 6.10 Å². The minimum Gasteiger partial charge on any atom is -0.491 e. The predicted molar refractivity (Wildman–Crippen MR) is 100 cm³/mol. The fraction of sp³-hybridized carbons (Fsp3) is 0.350. The van der Waals surface area contributed by atoms with Crippen molar-refractivity contribution in [2.75, 3.05) is 6.61 Å². The molecular formula is C20H24ClNO3. The summed E-state index contributed by atoms with van der Waals surface area (Å²) in [5.41, 5.74) is 1.18. The summed E-state index contributed by atoms with van der Waals surface area (Å²) >= 11 is 5.86. The maximum atomic E-state index is 12.4. The molecule has 1 amide bonds. The van der Waals surface area contributed by atoms with Gasteiger partial charge in [0.25, 0.3) is 5.91 Å². The van der Waals surface area contributed by atoms with Crippen LogP contribution in [-0.4, -0.2) is 24.7 Å². The zero-order valence-electron chi connectivity index (χ0n) is 14.8. The minimum atomic E-state index is -0.553. The van der Waals surface area contributed by atoms with Crippen molar-refractivity contribution in [2.24, 2.45) is 0 Å². The number of hydrogen-bond donors (Lipinski definition) is 1. The Balaban J connectivity index is 1.83. The minimum absolute atomic E-state index is 0.128. The van der Waals surface area contributed by atoms with E-state index in [0.717, 1.165) is 5.75 Å². The van der Waals surface area contributed by atoms with Crippen molar-refractivity contribution in [3.63, 3.8) is 0 Å². The second-order valence-electron chi connectivity index (χ2n) is 6.00. The first-order valence-corrected chi connectivity index (χ1v) is 8.77. The van der Waals surface area contributed by atoms with Gasteiger partial charge in [-0.3, -0.25) is 4.79 Å². The fourth-order valence-corrected chi connectivity index (χ4v) is 2.36. The Bertz CT molecular complexity index is 670. The van der Waals surface area contributed by atoms with Gasteiger partial charge in [-0.1, -0.05) is 36.2 Å². The molecule has 2 aromatic carbocycles. The van der Waals surface area contributed by atoms with Gasteiger partial charge in [0, 0.05) is 5.02 Å². The van der Waals surface area contributed by atoms with E-state index in [-0.39, 0.29) is 11.9 Å². The number of carbonyl (C=O) groups excluding carboxylic acids is 1. The summed E-state index contributed by atoms with van der Waals surface area (Å²) in [6, 6.07) is 14.7. The van der Waals surface area contributed by atoms with Crippen molar-refractivity contribution in [1.82, 2.24) is 5.32 Å². The molecule has 2 atom stereocenters. The Hall–Kier alpha value is -2.20. The van der Waals surface area contributed by atoms with Crippen molar-refractivity contribution in [1.29, 1.82) is 0 Å². The van der Waals surface area contributed by atoms with Crippen LogP contribution in [0.5, 0.6) is 11.5 Å². The van der Waals surface area contributed by atoms with Crippen molar-refractivity contribution in [2.45, 2.75) is 39.3 Å². The lowest BCUT2D eigenvalue weighted by atomic mass is 10.2. The number of benzene rings is 2. The zero-order chi connectivity index (χ0) is 18.2. The van der Waals surface area contributed by atoms with Gasteiger partial charge < -0.3 is 14.8 Å². The van der Waals surface area contributed by atoms with Gasteiger partial charge in [-0.15, -0.1) is 0 Å². The SMILES string of the molecule is CC[C@@H](Oc1ccc(Cl)cc1)C(=O)N[C@@H](C)COc1ccc(C)cc1. The molecule has 2 rings (SSSR count). The van der Waals surface area contributed by atoms with Crippen molar-refractivity contribution < 1.29 is 14.3 Å². The van der Waals surface area contributed by atoms with Gasteiger partial charge in [-0.25, -0.2) is 0 Å². The first-order chi connectivity index (χ1) is 12.0. The van der Waals surface area contributed by atoms with Crippen LogP contribution in [0.2, 0.25) is 5.02 Å². The van der Waals surface area contributed by atoms with E-state index in [1.165, 1.54) is 5.56 Å². The summed E-state index contributed by atoms with van der Waals surface area (Å²) in [6.07, 6.45) is 0.0167. The topological polar surface area (TPSA) is 47.6 Å². The Morgan fingerprint density at radius 1 is 1.08 bits per heavy atom. The molecule has 0 fully saturated rings. The summed E-state index contributed by atoms with van der Waals surface area (Å²) in [5, 5.41) is 3.56. The lowest BCUT2D eigenvalue weighted by molar-refractivity contribution is -0.128. The van der Waals surface area contributed by atoms with Gasteiger partial charge in [0.2, 0.25) is 0 Å².